The minimum absolute atomic E-state index is 0.0986. The Morgan fingerprint density at radius 3 is 1.93 bits per heavy atom. The second-order valence-electron chi connectivity index (χ2n) is 7.11. The fourth-order valence-electron chi connectivity index (χ4n) is 4.00. The van der Waals surface area contributed by atoms with Gasteiger partial charge in [0.25, 0.3) is 0 Å². The molecule has 0 fully saturated rings. The van der Waals surface area contributed by atoms with Crippen LogP contribution >= 0.6 is 0 Å². The molecule has 0 amide bonds. The number of carboxylic acids is 1. The maximum absolute atomic E-state index is 12.6. The van der Waals surface area contributed by atoms with E-state index in [0.717, 1.165) is 22.3 Å². The molecule has 1 aliphatic rings. The van der Waals surface area contributed by atoms with Crippen LogP contribution in [0.25, 0.3) is 11.1 Å². The minimum atomic E-state index is -1.29. The Morgan fingerprint density at radius 2 is 1.38 bits per heavy atom. The summed E-state index contributed by atoms with van der Waals surface area (Å²) in [6.07, 6.45) is 0. The molecule has 0 bridgehead atoms. The average molecular weight is 387 g/mol. The van der Waals surface area contributed by atoms with Crippen molar-refractivity contribution < 1.29 is 19.4 Å². The van der Waals surface area contributed by atoms with Crippen LogP contribution in [0.2, 0.25) is 0 Å². The zero-order valence-electron chi connectivity index (χ0n) is 15.7. The molecular weight excluding hydrogens is 366 g/mol. The molecule has 5 heteroatoms. The number of nitrogens with two attached hydrogens (primary N) is 1. The van der Waals surface area contributed by atoms with Gasteiger partial charge in [-0.15, -0.1) is 0 Å². The summed E-state index contributed by atoms with van der Waals surface area (Å²) < 4.78 is 5.53. The quantitative estimate of drug-likeness (QED) is 0.632. The molecule has 1 unspecified atom stereocenters. The normalized spacial score (nSPS) is 14.5. The van der Waals surface area contributed by atoms with Crippen LogP contribution in [0.3, 0.4) is 0 Å². The fourth-order valence-corrected chi connectivity index (χ4v) is 4.00. The van der Waals surface area contributed by atoms with Crippen LogP contribution in [-0.2, 0) is 14.3 Å². The highest BCUT2D eigenvalue weighted by Crippen LogP contribution is 2.44. The van der Waals surface area contributed by atoms with Crippen molar-refractivity contribution >= 4 is 11.9 Å². The third kappa shape index (κ3) is 3.52. The Kier molecular flexibility index (Phi) is 5.14. The van der Waals surface area contributed by atoms with Gasteiger partial charge in [-0.05, 0) is 27.8 Å². The number of ether oxygens (including phenoxy) is 1. The van der Waals surface area contributed by atoms with Crippen molar-refractivity contribution in [3.05, 3.63) is 95.6 Å². The van der Waals surface area contributed by atoms with Gasteiger partial charge in [-0.2, -0.15) is 0 Å². The fraction of sp³-hybridized carbons (Fsp3) is 0.167. The number of carbonyl (C=O) groups excluding carboxylic acids is 1. The van der Waals surface area contributed by atoms with Crippen LogP contribution in [0.5, 0.6) is 0 Å². The number of carboxylic acid groups (broad SMARTS) is 1. The molecule has 0 heterocycles. The topological polar surface area (TPSA) is 89.6 Å². The Labute approximate surface area is 168 Å². The number of benzene rings is 3. The monoisotopic (exact) mass is 387 g/mol. The molecule has 4 rings (SSSR count). The number of aliphatic carboxylic acids is 1. The number of fused-ring (bicyclic) bond motifs is 3. The van der Waals surface area contributed by atoms with Gasteiger partial charge in [0, 0.05) is 5.92 Å². The van der Waals surface area contributed by atoms with Crippen LogP contribution in [-0.4, -0.2) is 29.7 Å². The van der Waals surface area contributed by atoms with E-state index in [1.807, 2.05) is 36.4 Å². The number of rotatable bonds is 6. The maximum atomic E-state index is 12.6. The molecule has 1 aliphatic carbocycles. The lowest BCUT2D eigenvalue weighted by Gasteiger charge is -2.21. The van der Waals surface area contributed by atoms with Crippen LogP contribution in [0, 0.1) is 0 Å². The first-order valence-corrected chi connectivity index (χ1v) is 9.46. The van der Waals surface area contributed by atoms with E-state index < -0.39 is 23.9 Å². The van der Waals surface area contributed by atoms with Crippen LogP contribution in [0.1, 0.15) is 28.5 Å². The van der Waals surface area contributed by atoms with E-state index in [9.17, 15) is 14.7 Å². The number of hydrogen-bond acceptors (Lipinski definition) is 4. The molecule has 0 radical (unpaired) electrons. The van der Waals surface area contributed by atoms with Gasteiger partial charge in [0.2, 0.25) is 0 Å². The molecule has 0 saturated carbocycles. The van der Waals surface area contributed by atoms with Crippen molar-refractivity contribution in [1.82, 2.24) is 0 Å². The molecule has 29 heavy (non-hydrogen) atoms. The SMILES string of the molecule is N[C@H](C(=O)OCC1c2ccccc2-c2ccccc21)C(C(=O)O)c1ccccc1. The lowest BCUT2D eigenvalue weighted by molar-refractivity contribution is -0.151. The Morgan fingerprint density at radius 1 is 0.862 bits per heavy atom. The first-order chi connectivity index (χ1) is 14.1. The molecule has 3 aromatic rings. The summed E-state index contributed by atoms with van der Waals surface area (Å²) in [6, 6.07) is 23.3. The number of hydrogen-bond donors (Lipinski definition) is 2. The zero-order chi connectivity index (χ0) is 20.4. The van der Waals surface area contributed by atoms with Crippen molar-refractivity contribution in [1.29, 1.82) is 0 Å². The summed E-state index contributed by atoms with van der Waals surface area (Å²) in [5.74, 6) is -3.13. The Balaban J connectivity index is 1.53. The van der Waals surface area contributed by atoms with Gasteiger partial charge in [0.15, 0.2) is 0 Å². The lowest BCUT2D eigenvalue weighted by Crippen LogP contribution is -2.42. The Bertz CT molecular complexity index is 1000. The van der Waals surface area contributed by atoms with Crippen molar-refractivity contribution in [2.75, 3.05) is 6.61 Å². The van der Waals surface area contributed by atoms with Gasteiger partial charge < -0.3 is 15.6 Å². The summed E-state index contributed by atoms with van der Waals surface area (Å²) in [7, 11) is 0. The Hall–Kier alpha value is -3.44. The van der Waals surface area contributed by atoms with Gasteiger partial charge >= 0.3 is 11.9 Å². The van der Waals surface area contributed by atoms with E-state index in [4.69, 9.17) is 10.5 Å². The lowest BCUT2D eigenvalue weighted by atomic mass is 9.92. The smallest absolute Gasteiger partial charge is 0.324 e. The highest BCUT2D eigenvalue weighted by molar-refractivity contribution is 5.87. The highest BCUT2D eigenvalue weighted by atomic mass is 16.5. The number of carbonyl (C=O) groups is 2. The minimum Gasteiger partial charge on any atom is -0.481 e. The van der Waals surface area contributed by atoms with Gasteiger partial charge in [0.05, 0.1) is 0 Å². The molecule has 3 N–H and O–H groups in total. The molecular formula is C24H21NO4. The van der Waals surface area contributed by atoms with Crippen molar-refractivity contribution in [3.63, 3.8) is 0 Å². The molecule has 5 nitrogen and oxygen atoms in total. The van der Waals surface area contributed by atoms with Gasteiger partial charge in [0.1, 0.15) is 18.6 Å². The maximum Gasteiger partial charge on any atom is 0.324 e. The highest BCUT2D eigenvalue weighted by Gasteiger charge is 2.35. The van der Waals surface area contributed by atoms with Gasteiger partial charge in [-0.3, -0.25) is 9.59 Å². The predicted octanol–water partition coefficient (Wildman–Crippen LogP) is 3.54. The van der Waals surface area contributed by atoms with E-state index in [-0.39, 0.29) is 12.5 Å². The summed E-state index contributed by atoms with van der Waals surface area (Å²) in [6.45, 7) is 0.113. The first-order valence-electron chi connectivity index (χ1n) is 9.46. The zero-order valence-corrected chi connectivity index (χ0v) is 15.7. The largest absolute Gasteiger partial charge is 0.481 e. The molecule has 0 aromatic heterocycles. The third-order valence-corrected chi connectivity index (χ3v) is 5.41. The van der Waals surface area contributed by atoms with Crippen LogP contribution in [0.15, 0.2) is 78.9 Å². The van der Waals surface area contributed by atoms with E-state index in [1.54, 1.807) is 30.3 Å². The summed E-state index contributed by atoms with van der Waals surface area (Å²) in [4.78, 5) is 24.4. The number of esters is 1. The average Bonchev–Trinajstić information content (AvgIpc) is 3.06. The van der Waals surface area contributed by atoms with Crippen LogP contribution < -0.4 is 5.73 Å². The molecule has 0 saturated heterocycles. The third-order valence-electron chi connectivity index (χ3n) is 5.41. The van der Waals surface area contributed by atoms with Crippen molar-refractivity contribution in [2.45, 2.75) is 17.9 Å². The molecule has 0 aliphatic heterocycles. The van der Waals surface area contributed by atoms with E-state index in [2.05, 4.69) is 12.1 Å². The summed E-state index contributed by atoms with van der Waals surface area (Å²) in [5, 5.41) is 9.60. The molecule has 2 atom stereocenters. The van der Waals surface area contributed by atoms with Gasteiger partial charge in [-0.25, -0.2) is 0 Å². The van der Waals surface area contributed by atoms with Crippen LogP contribution in [0.4, 0.5) is 0 Å². The van der Waals surface area contributed by atoms with Gasteiger partial charge in [-0.1, -0.05) is 78.9 Å². The summed E-state index contributed by atoms with van der Waals surface area (Å²) >= 11 is 0. The van der Waals surface area contributed by atoms with Crippen molar-refractivity contribution in [3.8, 4) is 11.1 Å². The van der Waals surface area contributed by atoms with E-state index in [1.165, 1.54) is 0 Å². The second-order valence-corrected chi connectivity index (χ2v) is 7.11. The van der Waals surface area contributed by atoms with E-state index in [0.29, 0.717) is 5.56 Å². The molecule has 146 valence electrons. The molecule has 3 aromatic carbocycles. The van der Waals surface area contributed by atoms with Crippen molar-refractivity contribution in [2.24, 2.45) is 5.73 Å². The second kappa shape index (κ2) is 7.89. The standard InChI is InChI=1S/C24H21NO4/c25-22(21(23(26)27)15-8-2-1-3-9-15)24(28)29-14-20-18-12-6-4-10-16(18)17-11-5-7-13-19(17)20/h1-13,20-22H,14,25H2,(H,26,27)/t21?,22-/m0/s1. The first kappa shape index (κ1) is 18.9. The molecule has 0 spiro atoms. The predicted molar refractivity (Wildman–Crippen MR) is 109 cm³/mol. The summed E-state index contributed by atoms with van der Waals surface area (Å²) in [5.41, 5.74) is 10.9. The van der Waals surface area contributed by atoms with E-state index >= 15 is 0 Å².